The third kappa shape index (κ3) is 5.29. The minimum Gasteiger partial charge on any atom is -0.466 e. The average molecular weight is 326 g/mol. The highest BCUT2D eigenvalue weighted by atomic mass is 35.5. The molecule has 1 saturated heterocycles. The van der Waals surface area contributed by atoms with Gasteiger partial charge in [0.2, 0.25) is 0 Å². The molecule has 0 spiro atoms. The third-order valence-corrected chi connectivity index (χ3v) is 4.54. The first-order chi connectivity index (χ1) is 10.3. The number of halogens is 1. The SMILES string of the molecule is CCOC(=O)CCCCC1(c2ccccc2)CCNCC1.Cl. The van der Waals surface area contributed by atoms with Gasteiger partial charge in [0.25, 0.3) is 0 Å². The van der Waals surface area contributed by atoms with E-state index in [1.807, 2.05) is 6.92 Å². The van der Waals surface area contributed by atoms with Crippen LogP contribution in [0.2, 0.25) is 0 Å². The summed E-state index contributed by atoms with van der Waals surface area (Å²) in [5.74, 6) is -0.0587. The van der Waals surface area contributed by atoms with Gasteiger partial charge in [0.15, 0.2) is 0 Å². The Morgan fingerprint density at radius 2 is 1.86 bits per heavy atom. The van der Waals surface area contributed by atoms with Crippen molar-refractivity contribution < 1.29 is 9.53 Å². The van der Waals surface area contributed by atoms with Crippen molar-refractivity contribution >= 4 is 18.4 Å². The van der Waals surface area contributed by atoms with Gasteiger partial charge in [-0.1, -0.05) is 36.8 Å². The van der Waals surface area contributed by atoms with Crippen LogP contribution in [0.4, 0.5) is 0 Å². The van der Waals surface area contributed by atoms with Crippen LogP contribution in [0.1, 0.15) is 51.0 Å². The quantitative estimate of drug-likeness (QED) is 0.611. The number of hydrogen-bond donors (Lipinski definition) is 1. The fourth-order valence-electron chi connectivity index (χ4n) is 3.35. The minimum atomic E-state index is -0.0587. The predicted molar refractivity (Wildman–Crippen MR) is 92.6 cm³/mol. The summed E-state index contributed by atoms with van der Waals surface area (Å²) in [6.07, 6.45) is 6.12. The second kappa shape index (κ2) is 9.86. The van der Waals surface area contributed by atoms with Crippen molar-refractivity contribution in [1.29, 1.82) is 0 Å². The Hall–Kier alpha value is -1.06. The lowest BCUT2D eigenvalue weighted by Crippen LogP contribution is -2.39. The molecule has 2 rings (SSSR count). The van der Waals surface area contributed by atoms with Gasteiger partial charge in [0.05, 0.1) is 6.61 Å². The van der Waals surface area contributed by atoms with Gasteiger partial charge in [-0.2, -0.15) is 0 Å². The van der Waals surface area contributed by atoms with E-state index in [4.69, 9.17) is 4.74 Å². The maximum absolute atomic E-state index is 11.4. The molecule has 1 aromatic carbocycles. The highest BCUT2D eigenvalue weighted by molar-refractivity contribution is 5.85. The number of unbranched alkanes of at least 4 members (excludes halogenated alkanes) is 1. The molecular formula is C18H28ClNO2. The Morgan fingerprint density at radius 1 is 1.18 bits per heavy atom. The molecule has 0 unspecified atom stereocenters. The van der Waals surface area contributed by atoms with E-state index in [0.29, 0.717) is 18.4 Å². The molecule has 0 amide bonds. The molecule has 1 N–H and O–H groups in total. The van der Waals surface area contributed by atoms with Crippen molar-refractivity contribution in [1.82, 2.24) is 5.32 Å². The van der Waals surface area contributed by atoms with E-state index < -0.39 is 0 Å². The maximum atomic E-state index is 11.4. The van der Waals surface area contributed by atoms with Crippen molar-refractivity contribution in [2.45, 2.75) is 50.9 Å². The van der Waals surface area contributed by atoms with Gasteiger partial charge in [0.1, 0.15) is 0 Å². The van der Waals surface area contributed by atoms with Gasteiger partial charge in [0, 0.05) is 6.42 Å². The largest absolute Gasteiger partial charge is 0.466 e. The monoisotopic (exact) mass is 325 g/mol. The molecule has 0 aliphatic carbocycles. The van der Waals surface area contributed by atoms with E-state index in [1.165, 1.54) is 18.4 Å². The van der Waals surface area contributed by atoms with Crippen LogP contribution in [-0.4, -0.2) is 25.7 Å². The first kappa shape index (κ1) is 19.0. The van der Waals surface area contributed by atoms with Crippen LogP contribution in [0.5, 0.6) is 0 Å². The summed E-state index contributed by atoms with van der Waals surface area (Å²) in [4.78, 5) is 11.4. The zero-order chi connectivity index (χ0) is 15.0. The number of nitrogens with one attached hydrogen (secondary N) is 1. The number of carbonyl (C=O) groups is 1. The zero-order valence-electron chi connectivity index (χ0n) is 13.5. The standard InChI is InChI=1S/C18H27NO2.ClH/c1-2-21-17(20)10-6-7-11-18(12-14-19-15-13-18)16-8-4-3-5-9-16;/h3-5,8-9,19H,2,6-7,10-15H2,1H3;1H. The van der Waals surface area contributed by atoms with Crippen LogP contribution in [0.3, 0.4) is 0 Å². The van der Waals surface area contributed by atoms with Crippen LogP contribution >= 0.6 is 12.4 Å². The second-order valence-electron chi connectivity index (χ2n) is 5.91. The van der Waals surface area contributed by atoms with E-state index in [1.54, 1.807) is 0 Å². The molecule has 3 nitrogen and oxygen atoms in total. The van der Waals surface area contributed by atoms with E-state index in [9.17, 15) is 4.79 Å². The smallest absolute Gasteiger partial charge is 0.305 e. The van der Waals surface area contributed by atoms with Gasteiger partial charge >= 0.3 is 5.97 Å². The molecule has 1 heterocycles. The topological polar surface area (TPSA) is 38.3 Å². The summed E-state index contributed by atoms with van der Waals surface area (Å²) in [7, 11) is 0. The Bertz CT molecular complexity index is 430. The lowest BCUT2D eigenvalue weighted by atomic mass is 9.70. The molecule has 0 atom stereocenters. The Balaban J connectivity index is 0.00000242. The number of benzene rings is 1. The number of hydrogen-bond acceptors (Lipinski definition) is 3. The van der Waals surface area contributed by atoms with E-state index in [0.717, 1.165) is 32.4 Å². The lowest BCUT2D eigenvalue weighted by Gasteiger charge is -2.38. The Morgan fingerprint density at radius 3 is 2.50 bits per heavy atom. The minimum absolute atomic E-state index is 0. The summed E-state index contributed by atoms with van der Waals surface area (Å²) >= 11 is 0. The fourth-order valence-corrected chi connectivity index (χ4v) is 3.35. The number of ether oxygens (including phenoxy) is 1. The van der Waals surface area contributed by atoms with Gasteiger partial charge in [-0.05, 0) is 56.7 Å². The molecule has 0 aromatic heterocycles. The average Bonchev–Trinajstić information content (AvgIpc) is 2.54. The second-order valence-corrected chi connectivity index (χ2v) is 5.91. The number of carbonyl (C=O) groups excluding carboxylic acids is 1. The molecule has 1 fully saturated rings. The van der Waals surface area contributed by atoms with Crippen molar-refractivity contribution in [3.63, 3.8) is 0 Å². The highest BCUT2D eigenvalue weighted by Crippen LogP contribution is 2.38. The summed E-state index contributed by atoms with van der Waals surface area (Å²) in [5, 5.41) is 3.46. The van der Waals surface area contributed by atoms with E-state index in [2.05, 4.69) is 35.6 Å². The van der Waals surface area contributed by atoms with Crippen molar-refractivity contribution in [3.05, 3.63) is 35.9 Å². The first-order valence-electron chi connectivity index (χ1n) is 8.19. The molecule has 0 saturated carbocycles. The molecule has 4 heteroatoms. The molecule has 124 valence electrons. The summed E-state index contributed by atoms with van der Waals surface area (Å²) < 4.78 is 4.99. The highest BCUT2D eigenvalue weighted by Gasteiger charge is 2.32. The van der Waals surface area contributed by atoms with Crippen molar-refractivity contribution in [3.8, 4) is 0 Å². The van der Waals surface area contributed by atoms with Gasteiger partial charge in [-0.15, -0.1) is 12.4 Å². The third-order valence-electron chi connectivity index (χ3n) is 4.54. The summed E-state index contributed by atoms with van der Waals surface area (Å²) in [6, 6.07) is 10.9. The molecule has 1 aliphatic heterocycles. The van der Waals surface area contributed by atoms with Crippen molar-refractivity contribution in [2.75, 3.05) is 19.7 Å². The molecular weight excluding hydrogens is 298 g/mol. The van der Waals surface area contributed by atoms with E-state index in [-0.39, 0.29) is 18.4 Å². The normalized spacial score (nSPS) is 16.6. The molecule has 1 aliphatic rings. The number of piperidine rings is 1. The maximum Gasteiger partial charge on any atom is 0.305 e. The zero-order valence-corrected chi connectivity index (χ0v) is 14.3. The molecule has 1 aromatic rings. The van der Waals surface area contributed by atoms with E-state index >= 15 is 0 Å². The van der Waals surface area contributed by atoms with Crippen LogP contribution in [0.25, 0.3) is 0 Å². The number of rotatable bonds is 7. The Labute approximate surface area is 140 Å². The van der Waals surface area contributed by atoms with Crippen LogP contribution in [0.15, 0.2) is 30.3 Å². The van der Waals surface area contributed by atoms with Crippen LogP contribution in [0, 0.1) is 0 Å². The lowest BCUT2D eigenvalue weighted by molar-refractivity contribution is -0.143. The summed E-state index contributed by atoms with van der Waals surface area (Å²) in [5.41, 5.74) is 1.75. The molecule has 22 heavy (non-hydrogen) atoms. The fraction of sp³-hybridized carbons (Fsp3) is 0.611. The predicted octanol–water partition coefficient (Wildman–Crippen LogP) is 3.85. The van der Waals surface area contributed by atoms with Gasteiger partial charge in [-0.3, -0.25) is 4.79 Å². The summed E-state index contributed by atoms with van der Waals surface area (Å²) in [6.45, 7) is 4.52. The number of esters is 1. The van der Waals surface area contributed by atoms with Crippen molar-refractivity contribution in [2.24, 2.45) is 0 Å². The van der Waals surface area contributed by atoms with Gasteiger partial charge in [-0.25, -0.2) is 0 Å². The molecule has 0 radical (unpaired) electrons. The first-order valence-corrected chi connectivity index (χ1v) is 8.19. The molecule has 0 bridgehead atoms. The van der Waals surface area contributed by atoms with Crippen LogP contribution < -0.4 is 5.32 Å². The van der Waals surface area contributed by atoms with Gasteiger partial charge < -0.3 is 10.1 Å². The Kier molecular flexibility index (Phi) is 8.51. The van der Waals surface area contributed by atoms with Crippen LogP contribution in [-0.2, 0) is 14.9 Å².